The second-order valence-corrected chi connectivity index (χ2v) is 5.81. The molecule has 0 saturated carbocycles. The fourth-order valence-electron chi connectivity index (χ4n) is 2.49. The SMILES string of the molecule is CCCNc1nc(Nc2cccc(F)c2)ccc1-c1cc(CCO)no1. The highest BCUT2D eigenvalue weighted by atomic mass is 19.1. The number of aliphatic hydroxyl groups is 1. The van der Waals surface area contributed by atoms with Crippen molar-refractivity contribution >= 4 is 17.3 Å². The molecule has 136 valence electrons. The van der Waals surface area contributed by atoms with Crippen molar-refractivity contribution in [1.82, 2.24) is 10.1 Å². The molecule has 3 rings (SSSR count). The lowest BCUT2D eigenvalue weighted by molar-refractivity contribution is 0.294. The Morgan fingerprint density at radius 1 is 1.19 bits per heavy atom. The first-order valence-electron chi connectivity index (χ1n) is 8.54. The molecule has 1 aromatic carbocycles. The normalized spacial score (nSPS) is 10.7. The van der Waals surface area contributed by atoms with Gasteiger partial charge < -0.3 is 20.3 Å². The summed E-state index contributed by atoms with van der Waals surface area (Å²) in [5, 5.41) is 19.4. The second kappa shape index (κ2) is 8.44. The summed E-state index contributed by atoms with van der Waals surface area (Å²) in [6.45, 7) is 2.83. The van der Waals surface area contributed by atoms with Crippen molar-refractivity contribution in [3.05, 3.63) is 54.0 Å². The number of pyridine rings is 1. The summed E-state index contributed by atoms with van der Waals surface area (Å²) in [6, 6.07) is 11.7. The number of rotatable bonds is 8. The Morgan fingerprint density at radius 3 is 2.85 bits per heavy atom. The van der Waals surface area contributed by atoms with Crippen LogP contribution in [0.5, 0.6) is 0 Å². The lowest BCUT2D eigenvalue weighted by Crippen LogP contribution is -2.05. The Morgan fingerprint density at radius 2 is 2.08 bits per heavy atom. The van der Waals surface area contributed by atoms with Gasteiger partial charge >= 0.3 is 0 Å². The fraction of sp³-hybridized carbons (Fsp3) is 0.263. The largest absolute Gasteiger partial charge is 0.396 e. The molecule has 0 fully saturated rings. The van der Waals surface area contributed by atoms with E-state index in [1.807, 2.05) is 6.07 Å². The number of aliphatic hydroxyl groups excluding tert-OH is 1. The summed E-state index contributed by atoms with van der Waals surface area (Å²) in [5.41, 5.74) is 2.09. The van der Waals surface area contributed by atoms with Crippen molar-refractivity contribution in [2.45, 2.75) is 19.8 Å². The number of hydrogen-bond donors (Lipinski definition) is 3. The molecule has 0 radical (unpaired) electrons. The molecule has 0 spiro atoms. The van der Waals surface area contributed by atoms with E-state index >= 15 is 0 Å². The first kappa shape index (κ1) is 17.9. The van der Waals surface area contributed by atoms with Gasteiger partial charge in [-0.1, -0.05) is 18.1 Å². The van der Waals surface area contributed by atoms with Gasteiger partial charge in [-0.05, 0) is 36.8 Å². The molecule has 6 nitrogen and oxygen atoms in total. The number of nitrogens with zero attached hydrogens (tertiary/aromatic N) is 2. The number of benzene rings is 1. The third kappa shape index (κ3) is 4.37. The first-order chi connectivity index (χ1) is 12.7. The molecule has 26 heavy (non-hydrogen) atoms. The van der Waals surface area contributed by atoms with Gasteiger partial charge in [0.2, 0.25) is 0 Å². The average molecular weight is 356 g/mol. The van der Waals surface area contributed by atoms with E-state index in [2.05, 4.69) is 27.7 Å². The fourth-order valence-corrected chi connectivity index (χ4v) is 2.49. The molecule has 0 aliphatic carbocycles. The Labute approximate surface area is 151 Å². The van der Waals surface area contributed by atoms with Crippen molar-refractivity contribution in [3.8, 4) is 11.3 Å². The second-order valence-electron chi connectivity index (χ2n) is 5.81. The van der Waals surface area contributed by atoms with Crippen molar-refractivity contribution in [1.29, 1.82) is 0 Å². The van der Waals surface area contributed by atoms with Gasteiger partial charge in [-0.3, -0.25) is 0 Å². The molecular weight excluding hydrogens is 335 g/mol. The van der Waals surface area contributed by atoms with Gasteiger partial charge in [0.25, 0.3) is 0 Å². The zero-order valence-corrected chi connectivity index (χ0v) is 14.5. The molecule has 0 saturated heterocycles. The Kier molecular flexibility index (Phi) is 5.80. The summed E-state index contributed by atoms with van der Waals surface area (Å²) in [5.74, 6) is 1.51. The first-order valence-corrected chi connectivity index (χ1v) is 8.54. The predicted octanol–water partition coefficient (Wildman–Crippen LogP) is 3.98. The van der Waals surface area contributed by atoms with Crippen LogP contribution in [0, 0.1) is 5.82 Å². The van der Waals surface area contributed by atoms with Crippen LogP contribution in [0.4, 0.5) is 21.7 Å². The molecule has 2 aromatic heterocycles. The maximum Gasteiger partial charge on any atom is 0.170 e. The van der Waals surface area contributed by atoms with E-state index in [1.165, 1.54) is 12.1 Å². The summed E-state index contributed by atoms with van der Waals surface area (Å²) in [6.07, 6.45) is 1.38. The molecular formula is C19H21FN4O2. The van der Waals surface area contributed by atoms with Crippen LogP contribution < -0.4 is 10.6 Å². The topological polar surface area (TPSA) is 83.2 Å². The van der Waals surface area contributed by atoms with Crippen molar-refractivity contribution in [3.63, 3.8) is 0 Å². The van der Waals surface area contributed by atoms with E-state index in [1.54, 1.807) is 24.3 Å². The van der Waals surface area contributed by atoms with Crippen LogP contribution in [0.3, 0.4) is 0 Å². The summed E-state index contributed by atoms with van der Waals surface area (Å²) in [7, 11) is 0. The standard InChI is InChI=1S/C19H21FN4O2/c1-2-9-21-19-16(17-12-15(8-10-25)24-26-17)6-7-18(23-19)22-14-5-3-4-13(20)11-14/h3-7,11-12,25H,2,8-10H2,1H3,(H2,21,22,23). The maximum absolute atomic E-state index is 13.4. The Hall–Kier alpha value is -2.93. The minimum atomic E-state index is -0.311. The van der Waals surface area contributed by atoms with Crippen LogP contribution >= 0.6 is 0 Å². The third-order valence-corrected chi connectivity index (χ3v) is 3.73. The van der Waals surface area contributed by atoms with Gasteiger partial charge in [0.05, 0.1) is 11.3 Å². The van der Waals surface area contributed by atoms with Crippen molar-refractivity contribution < 1.29 is 14.0 Å². The lowest BCUT2D eigenvalue weighted by Gasteiger charge is -2.12. The van der Waals surface area contributed by atoms with E-state index in [9.17, 15) is 4.39 Å². The monoisotopic (exact) mass is 356 g/mol. The van der Waals surface area contributed by atoms with E-state index in [-0.39, 0.29) is 12.4 Å². The van der Waals surface area contributed by atoms with Crippen LogP contribution in [0.25, 0.3) is 11.3 Å². The van der Waals surface area contributed by atoms with Gasteiger partial charge in [-0.25, -0.2) is 9.37 Å². The smallest absolute Gasteiger partial charge is 0.170 e. The van der Waals surface area contributed by atoms with Gasteiger partial charge in [0, 0.05) is 31.3 Å². The van der Waals surface area contributed by atoms with Crippen LogP contribution in [0.1, 0.15) is 19.0 Å². The van der Waals surface area contributed by atoms with Gasteiger partial charge in [0.15, 0.2) is 5.76 Å². The van der Waals surface area contributed by atoms with E-state index < -0.39 is 0 Å². The molecule has 0 aliphatic heterocycles. The number of anilines is 3. The number of hydrogen-bond acceptors (Lipinski definition) is 6. The van der Waals surface area contributed by atoms with Gasteiger partial charge in [-0.15, -0.1) is 0 Å². The van der Waals surface area contributed by atoms with Crippen LogP contribution in [-0.2, 0) is 6.42 Å². The quantitative estimate of drug-likeness (QED) is 0.566. The molecule has 0 bridgehead atoms. The minimum absolute atomic E-state index is 0.0155. The highest BCUT2D eigenvalue weighted by molar-refractivity contribution is 5.74. The zero-order chi connectivity index (χ0) is 18.4. The molecule has 7 heteroatoms. The summed E-state index contributed by atoms with van der Waals surface area (Å²) >= 11 is 0. The van der Waals surface area contributed by atoms with Crippen molar-refractivity contribution in [2.24, 2.45) is 0 Å². The molecule has 0 unspecified atom stereocenters. The lowest BCUT2D eigenvalue weighted by atomic mass is 10.1. The summed E-state index contributed by atoms with van der Waals surface area (Å²) < 4.78 is 18.7. The van der Waals surface area contributed by atoms with E-state index in [0.717, 1.165) is 18.5 Å². The minimum Gasteiger partial charge on any atom is -0.396 e. The zero-order valence-electron chi connectivity index (χ0n) is 14.5. The predicted molar refractivity (Wildman–Crippen MR) is 99.0 cm³/mol. The highest BCUT2D eigenvalue weighted by Gasteiger charge is 2.13. The molecule has 0 amide bonds. The Balaban J connectivity index is 1.89. The molecule has 0 aliphatic rings. The van der Waals surface area contributed by atoms with Crippen LogP contribution in [0.15, 0.2) is 47.0 Å². The van der Waals surface area contributed by atoms with E-state index in [0.29, 0.717) is 35.2 Å². The van der Waals surface area contributed by atoms with Gasteiger partial charge in [-0.2, -0.15) is 0 Å². The average Bonchev–Trinajstić information content (AvgIpc) is 3.09. The van der Waals surface area contributed by atoms with Crippen molar-refractivity contribution in [2.75, 3.05) is 23.8 Å². The number of halogens is 1. The highest BCUT2D eigenvalue weighted by Crippen LogP contribution is 2.29. The number of nitrogens with one attached hydrogen (secondary N) is 2. The van der Waals surface area contributed by atoms with Crippen LogP contribution in [0.2, 0.25) is 0 Å². The Bertz CT molecular complexity index is 866. The number of aromatic nitrogens is 2. The van der Waals surface area contributed by atoms with E-state index in [4.69, 9.17) is 9.63 Å². The van der Waals surface area contributed by atoms with Crippen LogP contribution in [-0.4, -0.2) is 28.4 Å². The summed E-state index contributed by atoms with van der Waals surface area (Å²) in [4.78, 5) is 4.58. The molecule has 2 heterocycles. The molecule has 0 atom stereocenters. The molecule has 3 aromatic rings. The molecule has 3 N–H and O–H groups in total. The maximum atomic E-state index is 13.4. The third-order valence-electron chi connectivity index (χ3n) is 3.73. The van der Waals surface area contributed by atoms with Gasteiger partial charge in [0.1, 0.15) is 17.5 Å².